The maximum absolute atomic E-state index is 12.8. The van der Waals surface area contributed by atoms with Crippen molar-refractivity contribution in [3.05, 3.63) is 53.1 Å². The Morgan fingerprint density at radius 3 is 1.31 bits per heavy atom. The van der Waals surface area contributed by atoms with Gasteiger partial charge < -0.3 is 75.1 Å². The van der Waals surface area contributed by atoms with Crippen molar-refractivity contribution in [2.24, 2.45) is 0 Å². The van der Waals surface area contributed by atoms with Gasteiger partial charge in [0, 0.05) is 0 Å². The molecule has 18 nitrogen and oxygen atoms in total. The van der Waals surface area contributed by atoms with E-state index in [-0.39, 0.29) is 0 Å². The van der Waals surface area contributed by atoms with Gasteiger partial charge in [-0.3, -0.25) is 0 Å². The molecule has 1 aliphatic heterocycles. The molecule has 1 fully saturated rings. The number of ether oxygens (including phenoxy) is 4. The number of aliphatic hydroxyl groups excluding tert-OH is 2. The summed E-state index contributed by atoms with van der Waals surface area (Å²) in [4.78, 5) is 38.1. The van der Waals surface area contributed by atoms with E-state index in [1.54, 1.807) is 0 Å². The van der Waals surface area contributed by atoms with Crippen molar-refractivity contribution >= 4 is 17.9 Å². The number of aromatic hydroxyl groups is 9. The minimum atomic E-state index is -2.19. The number of rotatable bonds is 7. The van der Waals surface area contributed by atoms with Crippen molar-refractivity contribution in [1.29, 1.82) is 0 Å². The van der Waals surface area contributed by atoms with Gasteiger partial charge in [-0.25, -0.2) is 14.4 Å². The van der Waals surface area contributed by atoms with E-state index in [1.165, 1.54) is 0 Å². The minimum absolute atomic E-state index is 0.474. The lowest BCUT2D eigenvalue weighted by molar-refractivity contribution is -0.284. The number of esters is 3. The van der Waals surface area contributed by atoms with E-state index in [4.69, 9.17) is 18.9 Å². The first-order chi connectivity index (χ1) is 21.1. The molecule has 0 amide bonds. The number of benzene rings is 3. The van der Waals surface area contributed by atoms with Crippen LogP contribution < -0.4 is 0 Å². The fourth-order valence-electron chi connectivity index (χ4n) is 4.05. The molecule has 1 heterocycles. The van der Waals surface area contributed by atoms with Crippen molar-refractivity contribution in [1.82, 2.24) is 0 Å². The monoisotopic (exact) mass is 636 g/mol. The lowest BCUT2D eigenvalue weighted by atomic mass is 9.98. The van der Waals surface area contributed by atoms with Gasteiger partial charge in [0.2, 0.25) is 6.29 Å². The normalized spacial score (nSPS) is 21.1. The molecule has 0 unspecified atom stereocenters. The molecule has 3 aromatic rings. The summed E-state index contributed by atoms with van der Waals surface area (Å²) in [5.41, 5.74) is -1.62. The summed E-state index contributed by atoms with van der Waals surface area (Å²) in [6.45, 7) is -0.918. The number of aliphatic hydroxyl groups is 2. The average molecular weight is 636 g/mol. The molecular formula is C27H24O18. The van der Waals surface area contributed by atoms with Gasteiger partial charge in [-0.1, -0.05) is 0 Å². The van der Waals surface area contributed by atoms with Crippen LogP contribution in [0.4, 0.5) is 0 Å². The molecule has 4 rings (SSSR count). The summed E-state index contributed by atoms with van der Waals surface area (Å²) >= 11 is 0. The molecule has 0 radical (unpaired) electrons. The predicted molar refractivity (Wildman–Crippen MR) is 140 cm³/mol. The minimum Gasteiger partial charge on any atom is -0.504 e. The Labute approximate surface area is 249 Å². The van der Waals surface area contributed by atoms with E-state index in [0.29, 0.717) is 24.3 Å². The molecule has 0 spiro atoms. The van der Waals surface area contributed by atoms with E-state index in [0.717, 1.165) is 12.1 Å². The van der Waals surface area contributed by atoms with Gasteiger partial charge in [-0.05, 0) is 36.4 Å². The zero-order valence-electron chi connectivity index (χ0n) is 22.3. The van der Waals surface area contributed by atoms with Gasteiger partial charge in [-0.15, -0.1) is 0 Å². The molecule has 240 valence electrons. The van der Waals surface area contributed by atoms with Crippen molar-refractivity contribution in [2.45, 2.75) is 30.7 Å². The van der Waals surface area contributed by atoms with E-state index in [9.17, 15) is 70.6 Å². The lowest BCUT2D eigenvalue weighted by Gasteiger charge is -2.41. The third-order valence-corrected chi connectivity index (χ3v) is 6.40. The highest BCUT2D eigenvalue weighted by Gasteiger charge is 2.49. The topological polar surface area (TPSA) is 311 Å². The third-order valence-electron chi connectivity index (χ3n) is 6.40. The molecule has 5 atom stereocenters. The Morgan fingerprint density at radius 1 is 0.556 bits per heavy atom. The second-order valence-electron chi connectivity index (χ2n) is 9.49. The van der Waals surface area contributed by atoms with Crippen LogP contribution in [0.1, 0.15) is 31.1 Å². The van der Waals surface area contributed by atoms with Gasteiger partial charge >= 0.3 is 17.9 Å². The molecule has 3 aromatic carbocycles. The highest BCUT2D eigenvalue weighted by molar-refractivity contribution is 5.92. The van der Waals surface area contributed by atoms with Crippen LogP contribution in [-0.4, -0.2) is 111 Å². The van der Waals surface area contributed by atoms with Crippen LogP contribution >= 0.6 is 0 Å². The largest absolute Gasteiger partial charge is 0.504 e. The van der Waals surface area contributed by atoms with Crippen LogP contribution in [0.5, 0.6) is 51.7 Å². The highest BCUT2D eigenvalue weighted by Crippen LogP contribution is 2.38. The number of hydrogen-bond acceptors (Lipinski definition) is 18. The van der Waals surface area contributed by atoms with Crippen LogP contribution in [0.3, 0.4) is 0 Å². The summed E-state index contributed by atoms with van der Waals surface area (Å²) in [5.74, 6) is -12.3. The standard InChI is InChI=1S/C27H24O18/c28-11-1-8(2-12(29)18(11)34)24(39)42-7-17-21(37)23(44-25(40)9-3-13(30)19(35)14(31)4-9)22(38)27(43-17)45-26(41)10-5-15(32)20(36)16(33)6-10/h1-6,17,21-23,27-38H,7H2/t17-,21-,22-,23+,27-/m0/s1. The highest BCUT2D eigenvalue weighted by atomic mass is 16.7. The molecule has 11 N–H and O–H groups in total. The second kappa shape index (κ2) is 12.4. The maximum atomic E-state index is 12.8. The summed E-state index contributed by atoms with van der Waals surface area (Å²) < 4.78 is 20.6. The van der Waals surface area contributed by atoms with Gasteiger partial charge in [0.25, 0.3) is 0 Å². The van der Waals surface area contributed by atoms with Crippen LogP contribution in [0, 0.1) is 0 Å². The molecule has 0 saturated carbocycles. The van der Waals surface area contributed by atoms with Gasteiger partial charge in [-0.2, -0.15) is 0 Å². The first-order valence-electron chi connectivity index (χ1n) is 12.4. The first kappa shape index (κ1) is 32.1. The summed E-state index contributed by atoms with van der Waals surface area (Å²) in [6.07, 6.45) is -10.2. The molecule has 1 saturated heterocycles. The number of hydrogen-bond donors (Lipinski definition) is 11. The van der Waals surface area contributed by atoms with Gasteiger partial charge in [0.05, 0.1) is 16.7 Å². The Bertz CT molecular complexity index is 1580. The van der Waals surface area contributed by atoms with Crippen molar-refractivity contribution in [3.63, 3.8) is 0 Å². The quantitative estimate of drug-likeness (QED) is 0.0902. The SMILES string of the molecule is O=C(OC[C@@H]1O[C@@H](OC(=O)c2cc(O)c(O)c(O)c2)[C@@H](O)[C@H](OC(=O)c2cc(O)c(O)c(O)c2)[C@H]1O)c1cc(O)c(O)c(O)c1. The molecule has 18 heteroatoms. The van der Waals surface area contributed by atoms with Gasteiger partial charge in [0.1, 0.15) is 18.8 Å². The molecule has 0 aliphatic carbocycles. The van der Waals surface area contributed by atoms with Crippen molar-refractivity contribution in [2.75, 3.05) is 6.61 Å². The van der Waals surface area contributed by atoms with Gasteiger partial charge in [0.15, 0.2) is 64.0 Å². The van der Waals surface area contributed by atoms with Crippen molar-refractivity contribution < 1.29 is 89.5 Å². The fraction of sp³-hybridized carbons (Fsp3) is 0.222. The summed E-state index contributed by atoms with van der Waals surface area (Å²) in [7, 11) is 0. The predicted octanol–water partition coefficient (Wildman–Crippen LogP) is -0.277. The van der Waals surface area contributed by atoms with Crippen LogP contribution in [-0.2, 0) is 18.9 Å². The smallest absolute Gasteiger partial charge is 0.340 e. The van der Waals surface area contributed by atoms with Crippen LogP contribution in [0.2, 0.25) is 0 Å². The fourth-order valence-corrected chi connectivity index (χ4v) is 4.05. The first-order valence-corrected chi connectivity index (χ1v) is 12.4. The Hall–Kier alpha value is -5.85. The molecule has 45 heavy (non-hydrogen) atoms. The van der Waals surface area contributed by atoms with Crippen LogP contribution in [0.15, 0.2) is 36.4 Å². The average Bonchev–Trinajstić information content (AvgIpc) is 2.99. The Kier molecular flexibility index (Phi) is 8.84. The molecule has 0 aromatic heterocycles. The van der Waals surface area contributed by atoms with Crippen molar-refractivity contribution in [3.8, 4) is 51.7 Å². The zero-order chi connectivity index (χ0) is 33.3. The zero-order valence-corrected chi connectivity index (χ0v) is 22.3. The Balaban J connectivity index is 1.59. The molecule has 1 aliphatic rings. The molecular weight excluding hydrogens is 612 g/mol. The third kappa shape index (κ3) is 6.56. The second-order valence-corrected chi connectivity index (χ2v) is 9.49. The Morgan fingerprint density at radius 2 is 0.911 bits per heavy atom. The van der Waals surface area contributed by atoms with Crippen LogP contribution in [0.25, 0.3) is 0 Å². The van der Waals surface area contributed by atoms with E-state index >= 15 is 0 Å². The maximum Gasteiger partial charge on any atom is 0.340 e. The summed E-state index contributed by atoms with van der Waals surface area (Å²) in [5, 5.41) is 108. The van der Waals surface area contributed by atoms with E-state index < -0.39 is 124 Å². The summed E-state index contributed by atoms with van der Waals surface area (Å²) in [6, 6.07) is 4.20. The number of carbonyl (C=O) groups is 3. The van der Waals surface area contributed by atoms with E-state index in [2.05, 4.69) is 0 Å². The number of phenols is 9. The number of phenolic OH excluding ortho intramolecular Hbond substituents is 9. The lowest BCUT2D eigenvalue weighted by Crippen LogP contribution is -2.61. The van der Waals surface area contributed by atoms with E-state index in [1.807, 2.05) is 0 Å². The molecule has 0 bridgehead atoms. The number of carbonyl (C=O) groups excluding carboxylic acids is 3.